The second-order valence-electron chi connectivity index (χ2n) is 14.7. The summed E-state index contributed by atoms with van der Waals surface area (Å²) in [5.74, 6) is 0. The lowest BCUT2D eigenvalue weighted by Crippen LogP contribution is -1.93. The molecule has 0 atom stereocenters. The van der Waals surface area contributed by atoms with Crippen LogP contribution in [0.25, 0.3) is 115 Å². The Morgan fingerprint density at radius 3 is 1.65 bits per heavy atom. The van der Waals surface area contributed by atoms with Crippen LogP contribution in [0, 0.1) is 0 Å². The zero-order valence-corrected chi connectivity index (χ0v) is 29.9. The molecule has 2 nitrogen and oxygen atoms in total. The fourth-order valence-electron chi connectivity index (χ4n) is 9.49. The van der Waals surface area contributed by atoms with Crippen molar-refractivity contribution in [2.24, 2.45) is 0 Å². The molecule has 2 aromatic heterocycles. The topological polar surface area (TPSA) is 17.8 Å². The summed E-state index contributed by atoms with van der Waals surface area (Å²) in [7, 11) is 0. The van der Waals surface area contributed by atoms with Gasteiger partial charge in [0.1, 0.15) is 0 Å². The summed E-state index contributed by atoms with van der Waals surface area (Å²) in [6.07, 6.45) is 3.85. The molecule has 254 valence electrons. The first-order valence-corrected chi connectivity index (χ1v) is 19.0. The van der Waals surface area contributed by atoms with Crippen molar-refractivity contribution in [1.82, 2.24) is 9.55 Å². The highest BCUT2D eigenvalue weighted by Gasteiger charge is 2.31. The SMILES string of the molecule is c1ccc(-c2c3c(c(-c4ccccc4)c4ccccc24)-c2ccc(-c4ccc5c(c4)c4cc6ccncc6cc4n5-c4ccccc4)c4cccc-3c24)cc1. The Balaban J connectivity index is 1.16. The van der Waals surface area contributed by atoms with Gasteiger partial charge in [0, 0.05) is 34.2 Å². The van der Waals surface area contributed by atoms with Gasteiger partial charge in [-0.25, -0.2) is 0 Å². The number of fused-ring (bicyclic) bond motifs is 8. The van der Waals surface area contributed by atoms with E-state index in [4.69, 9.17) is 0 Å². The number of nitrogens with zero attached hydrogens (tertiary/aromatic N) is 2. The quantitative estimate of drug-likeness (QED) is 0.179. The van der Waals surface area contributed by atoms with Gasteiger partial charge in [0.15, 0.2) is 0 Å². The van der Waals surface area contributed by atoms with E-state index in [1.165, 1.54) is 104 Å². The van der Waals surface area contributed by atoms with Crippen LogP contribution in [0.15, 0.2) is 194 Å². The normalized spacial score (nSPS) is 12.0. The van der Waals surface area contributed by atoms with Crippen molar-refractivity contribution in [3.8, 4) is 61.3 Å². The molecule has 0 bridgehead atoms. The van der Waals surface area contributed by atoms with Crippen molar-refractivity contribution in [2.75, 3.05) is 0 Å². The van der Waals surface area contributed by atoms with E-state index in [1.54, 1.807) is 0 Å². The molecule has 9 aromatic carbocycles. The minimum Gasteiger partial charge on any atom is -0.309 e. The summed E-state index contributed by atoms with van der Waals surface area (Å²) in [5.41, 5.74) is 16.3. The molecule has 0 saturated carbocycles. The lowest BCUT2D eigenvalue weighted by molar-refractivity contribution is 1.18. The van der Waals surface area contributed by atoms with Crippen LogP contribution in [0.4, 0.5) is 0 Å². The zero-order valence-electron chi connectivity index (χ0n) is 29.9. The van der Waals surface area contributed by atoms with Gasteiger partial charge in [0.25, 0.3) is 0 Å². The number of hydrogen-bond donors (Lipinski definition) is 0. The summed E-state index contributed by atoms with van der Waals surface area (Å²) in [6.45, 7) is 0. The highest BCUT2D eigenvalue weighted by atomic mass is 15.0. The summed E-state index contributed by atoms with van der Waals surface area (Å²) >= 11 is 0. The van der Waals surface area contributed by atoms with E-state index in [1.807, 2.05) is 12.4 Å². The second kappa shape index (κ2) is 11.6. The van der Waals surface area contributed by atoms with Gasteiger partial charge in [-0.15, -0.1) is 0 Å². The summed E-state index contributed by atoms with van der Waals surface area (Å²) in [4.78, 5) is 4.44. The van der Waals surface area contributed by atoms with Crippen LogP contribution in [-0.2, 0) is 0 Å². The van der Waals surface area contributed by atoms with E-state index in [9.17, 15) is 0 Å². The molecule has 0 N–H and O–H groups in total. The standard InChI is InChI=1S/C53H32N2/c1-4-13-33(14-5-1)49-41-19-10-11-20-42(41)50(34-15-6-2-7-16-34)53-44-25-24-39(40-21-12-22-43(51(40)44)52(49)53)36-23-26-47-45(30-36)46-29-35-27-28-54-32-37(35)31-48(46)55(47)38-17-8-3-9-18-38/h1-32H. The summed E-state index contributed by atoms with van der Waals surface area (Å²) < 4.78 is 2.39. The van der Waals surface area contributed by atoms with E-state index in [2.05, 4.69) is 192 Å². The molecule has 2 heterocycles. The molecule has 0 amide bonds. The minimum absolute atomic E-state index is 1.14. The van der Waals surface area contributed by atoms with Gasteiger partial charge in [0.2, 0.25) is 0 Å². The highest BCUT2D eigenvalue weighted by molar-refractivity contribution is 6.29. The monoisotopic (exact) mass is 696 g/mol. The van der Waals surface area contributed by atoms with Gasteiger partial charge in [-0.2, -0.15) is 0 Å². The van der Waals surface area contributed by atoms with Crippen molar-refractivity contribution in [2.45, 2.75) is 0 Å². The van der Waals surface area contributed by atoms with Crippen LogP contribution < -0.4 is 0 Å². The van der Waals surface area contributed by atoms with Crippen molar-refractivity contribution in [3.05, 3.63) is 194 Å². The van der Waals surface area contributed by atoms with E-state index >= 15 is 0 Å². The lowest BCUT2D eigenvalue weighted by atomic mass is 9.82. The molecule has 0 spiro atoms. The maximum atomic E-state index is 4.44. The van der Waals surface area contributed by atoms with Gasteiger partial charge in [-0.05, 0) is 125 Å². The van der Waals surface area contributed by atoms with Gasteiger partial charge in [-0.3, -0.25) is 4.98 Å². The van der Waals surface area contributed by atoms with Crippen LogP contribution >= 0.6 is 0 Å². The Morgan fingerprint density at radius 1 is 0.345 bits per heavy atom. The Hall–Kier alpha value is -7.29. The van der Waals surface area contributed by atoms with Crippen LogP contribution in [0.5, 0.6) is 0 Å². The van der Waals surface area contributed by atoms with E-state index in [0.717, 1.165) is 11.1 Å². The van der Waals surface area contributed by atoms with Gasteiger partial charge in [-0.1, -0.05) is 140 Å². The number of pyridine rings is 1. The maximum Gasteiger partial charge on any atom is 0.0548 e. The highest BCUT2D eigenvalue weighted by Crippen LogP contribution is 2.58. The third-order valence-corrected chi connectivity index (χ3v) is 11.8. The van der Waals surface area contributed by atoms with Gasteiger partial charge >= 0.3 is 0 Å². The third kappa shape index (κ3) is 4.34. The van der Waals surface area contributed by atoms with Crippen molar-refractivity contribution >= 4 is 54.1 Å². The zero-order chi connectivity index (χ0) is 36.0. The molecule has 1 aliphatic carbocycles. The molecular formula is C53H32N2. The van der Waals surface area contributed by atoms with Crippen molar-refractivity contribution < 1.29 is 0 Å². The molecule has 1 aliphatic rings. The fourth-order valence-corrected chi connectivity index (χ4v) is 9.49. The molecular weight excluding hydrogens is 665 g/mol. The van der Waals surface area contributed by atoms with Crippen LogP contribution in [0.1, 0.15) is 0 Å². The average molecular weight is 697 g/mol. The van der Waals surface area contributed by atoms with Crippen LogP contribution in [0.2, 0.25) is 0 Å². The van der Waals surface area contributed by atoms with E-state index in [-0.39, 0.29) is 0 Å². The summed E-state index contributed by atoms with van der Waals surface area (Å²) in [5, 5.41) is 9.97. The molecule has 0 saturated heterocycles. The van der Waals surface area contributed by atoms with Crippen LogP contribution in [0.3, 0.4) is 0 Å². The Labute approximate surface area is 318 Å². The van der Waals surface area contributed by atoms with Gasteiger partial charge in [0.05, 0.1) is 11.0 Å². The second-order valence-corrected chi connectivity index (χ2v) is 14.7. The first-order valence-electron chi connectivity index (χ1n) is 19.0. The predicted molar refractivity (Wildman–Crippen MR) is 232 cm³/mol. The molecule has 2 heteroatoms. The maximum absolute atomic E-state index is 4.44. The smallest absolute Gasteiger partial charge is 0.0548 e. The fraction of sp³-hybridized carbons (Fsp3) is 0. The molecule has 0 radical (unpaired) electrons. The Kier molecular flexibility index (Phi) is 6.37. The molecule has 11 aromatic rings. The molecule has 0 unspecified atom stereocenters. The van der Waals surface area contributed by atoms with Crippen molar-refractivity contribution in [3.63, 3.8) is 0 Å². The first-order chi connectivity index (χ1) is 27.3. The number of benzene rings is 9. The minimum atomic E-state index is 1.14. The van der Waals surface area contributed by atoms with Gasteiger partial charge < -0.3 is 4.57 Å². The molecule has 0 fully saturated rings. The third-order valence-electron chi connectivity index (χ3n) is 11.8. The van der Waals surface area contributed by atoms with Crippen molar-refractivity contribution in [1.29, 1.82) is 0 Å². The van der Waals surface area contributed by atoms with Crippen LogP contribution in [-0.4, -0.2) is 9.55 Å². The number of rotatable bonds is 4. The Bertz CT molecular complexity index is 3250. The lowest BCUT2D eigenvalue weighted by Gasteiger charge is -2.20. The molecule has 12 rings (SSSR count). The van der Waals surface area contributed by atoms with E-state index in [0.29, 0.717) is 0 Å². The number of hydrogen-bond acceptors (Lipinski definition) is 1. The molecule has 0 aliphatic heterocycles. The first kappa shape index (κ1) is 30.2. The number of aromatic nitrogens is 2. The summed E-state index contributed by atoms with van der Waals surface area (Å²) in [6, 6.07) is 67.0. The largest absolute Gasteiger partial charge is 0.309 e. The van der Waals surface area contributed by atoms with E-state index < -0.39 is 0 Å². The average Bonchev–Trinajstić information content (AvgIpc) is 3.75. The molecule has 55 heavy (non-hydrogen) atoms. The predicted octanol–water partition coefficient (Wildman–Crippen LogP) is 14.3. The Morgan fingerprint density at radius 2 is 0.945 bits per heavy atom. The number of para-hydroxylation sites is 1.